The van der Waals surface area contributed by atoms with Gasteiger partial charge in [-0.3, -0.25) is 0 Å². The summed E-state index contributed by atoms with van der Waals surface area (Å²) in [6, 6.07) is 5.63. The van der Waals surface area contributed by atoms with Gasteiger partial charge in [0.25, 0.3) is 0 Å². The maximum absolute atomic E-state index is 11.3. The summed E-state index contributed by atoms with van der Waals surface area (Å²) in [5, 5.41) is 9.23. The Hall–Kier alpha value is -1.88. The largest absolute Gasteiger partial charge is 0.478 e. The van der Waals surface area contributed by atoms with Crippen LogP contribution in [0.3, 0.4) is 0 Å². The highest BCUT2D eigenvalue weighted by Gasteiger charge is 2.18. The van der Waals surface area contributed by atoms with Gasteiger partial charge in [0.1, 0.15) is 5.52 Å². The third-order valence-corrected chi connectivity index (χ3v) is 4.28. The normalized spacial score (nSPS) is 18.0. The van der Waals surface area contributed by atoms with E-state index in [1.54, 1.807) is 18.5 Å². The summed E-state index contributed by atoms with van der Waals surface area (Å²) in [5.74, 6) is -0.922. The number of para-hydroxylation sites is 1. The molecule has 0 saturated carbocycles. The number of rotatable bonds is 4. The fraction of sp³-hybridized carbons (Fsp3) is 0.500. The molecule has 1 atom stereocenters. The number of hydrogen-bond acceptors (Lipinski definition) is 3. The fourth-order valence-corrected chi connectivity index (χ4v) is 3.18. The highest BCUT2D eigenvalue weighted by Crippen LogP contribution is 2.22. The third-order valence-electron chi connectivity index (χ3n) is 4.28. The lowest BCUT2D eigenvalue weighted by atomic mass is 10.1. The van der Waals surface area contributed by atoms with Crippen LogP contribution in [0.4, 0.5) is 0 Å². The number of carboxylic acid groups (broad SMARTS) is 1. The number of likely N-dealkylation sites (tertiary alicyclic amines) is 1. The smallest absolute Gasteiger partial charge is 0.337 e. The van der Waals surface area contributed by atoms with Crippen molar-refractivity contribution in [1.29, 1.82) is 0 Å². The first-order valence-corrected chi connectivity index (χ1v) is 7.58. The monoisotopic (exact) mass is 287 g/mol. The van der Waals surface area contributed by atoms with Crippen molar-refractivity contribution in [3.63, 3.8) is 0 Å². The SMILES string of the molecule is CC(CN1CCCCC1)n1cnc2c(C(=O)O)cccc21. The number of piperidine rings is 1. The van der Waals surface area contributed by atoms with E-state index < -0.39 is 5.97 Å². The number of carboxylic acids is 1. The van der Waals surface area contributed by atoms with Gasteiger partial charge < -0.3 is 14.6 Å². The van der Waals surface area contributed by atoms with E-state index in [2.05, 4.69) is 21.4 Å². The Bertz CT molecular complexity index is 644. The molecule has 2 heterocycles. The van der Waals surface area contributed by atoms with Gasteiger partial charge in [-0.2, -0.15) is 0 Å². The maximum Gasteiger partial charge on any atom is 0.337 e. The Balaban J connectivity index is 1.86. The number of nitrogens with zero attached hydrogens (tertiary/aromatic N) is 3. The predicted molar refractivity (Wildman–Crippen MR) is 81.7 cm³/mol. The van der Waals surface area contributed by atoms with E-state index in [9.17, 15) is 9.90 Å². The van der Waals surface area contributed by atoms with E-state index in [1.165, 1.54) is 19.3 Å². The van der Waals surface area contributed by atoms with Crippen LogP contribution in [0, 0.1) is 0 Å². The number of benzene rings is 1. The average Bonchev–Trinajstić information content (AvgIpc) is 2.92. The van der Waals surface area contributed by atoms with E-state index in [1.807, 2.05) is 6.07 Å². The molecule has 0 bridgehead atoms. The van der Waals surface area contributed by atoms with Gasteiger partial charge >= 0.3 is 5.97 Å². The Labute approximate surface area is 124 Å². The molecule has 0 amide bonds. The summed E-state index contributed by atoms with van der Waals surface area (Å²) in [7, 11) is 0. The lowest BCUT2D eigenvalue weighted by Gasteiger charge is -2.29. The quantitative estimate of drug-likeness (QED) is 0.939. The Kier molecular flexibility index (Phi) is 3.92. The van der Waals surface area contributed by atoms with E-state index >= 15 is 0 Å². The van der Waals surface area contributed by atoms with Crippen molar-refractivity contribution in [3.05, 3.63) is 30.1 Å². The van der Waals surface area contributed by atoms with Crippen LogP contribution in [-0.4, -0.2) is 45.2 Å². The summed E-state index contributed by atoms with van der Waals surface area (Å²) in [6.07, 6.45) is 5.66. The minimum atomic E-state index is -0.922. The lowest BCUT2D eigenvalue weighted by Crippen LogP contribution is -2.34. The number of imidazole rings is 1. The summed E-state index contributed by atoms with van der Waals surface area (Å²) < 4.78 is 2.09. The van der Waals surface area contributed by atoms with Gasteiger partial charge in [-0.25, -0.2) is 9.78 Å². The van der Waals surface area contributed by atoms with Crippen molar-refractivity contribution in [3.8, 4) is 0 Å². The second-order valence-corrected chi connectivity index (χ2v) is 5.84. The number of aromatic carboxylic acids is 1. The molecule has 21 heavy (non-hydrogen) atoms. The average molecular weight is 287 g/mol. The van der Waals surface area contributed by atoms with Crippen molar-refractivity contribution in [2.24, 2.45) is 0 Å². The van der Waals surface area contributed by atoms with Gasteiger partial charge in [0.15, 0.2) is 0 Å². The summed E-state index contributed by atoms with van der Waals surface area (Å²) in [5.41, 5.74) is 1.76. The van der Waals surface area contributed by atoms with E-state index in [4.69, 9.17) is 0 Å². The van der Waals surface area contributed by atoms with Crippen LogP contribution in [0.25, 0.3) is 11.0 Å². The molecule has 1 saturated heterocycles. The molecular weight excluding hydrogens is 266 g/mol. The van der Waals surface area contributed by atoms with Crippen molar-refractivity contribution >= 4 is 17.0 Å². The Morgan fingerprint density at radius 1 is 1.33 bits per heavy atom. The molecule has 2 aromatic rings. The Morgan fingerprint density at radius 2 is 2.10 bits per heavy atom. The van der Waals surface area contributed by atoms with Crippen LogP contribution in [-0.2, 0) is 0 Å². The van der Waals surface area contributed by atoms with Gasteiger partial charge in [-0.1, -0.05) is 12.5 Å². The molecule has 1 aliphatic rings. The number of fused-ring (bicyclic) bond motifs is 1. The van der Waals surface area contributed by atoms with E-state index in [0.717, 1.165) is 25.2 Å². The molecule has 112 valence electrons. The Morgan fingerprint density at radius 3 is 2.81 bits per heavy atom. The van der Waals surface area contributed by atoms with Crippen molar-refractivity contribution < 1.29 is 9.90 Å². The standard InChI is InChI=1S/C16H21N3O2/c1-12(10-18-8-3-2-4-9-18)19-11-17-15-13(16(20)21)6-5-7-14(15)19/h5-7,11-12H,2-4,8-10H2,1H3,(H,20,21). The molecular formula is C16H21N3O2. The minimum Gasteiger partial charge on any atom is -0.478 e. The molecule has 1 aromatic heterocycles. The van der Waals surface area contributed by atoms with E-state index in [-0.39, 0.29) is 11.6 Å². The van der Waals surface area contributed by atoms with Gasteiger partial charge in [0.2, 0.25) is 0 Å². The summed E-state index contributed by atoms with van der Waals surface area (Å²) >= 11 is 0. The first kappa shape index (κ1) is 14.1. The van der Waals surface area contributed by atoms with Gasteiger partial charge in [0, 0.05) is 12.6 Å². The van der Waals surface area contributed by atoms with Crippen LogP contribution in [0.5, 0.6) is 0 Å². The second kappa shape index (κ2) is 5.85. The fourth-order valence-electron chi connectivity index (χ4n) is 3.18. The van der Waals surface area contributed by atoms with Gasteiger partial charge in [-0.05, 0) is 45.0 Å². The topological polar surface area (TPSA) is 58.4 Å². The molecule has 0 aliphatic carbocycles. The predicted octanol–water partition coefficient (Wildman–Crippen LogP) is 2.78. The van der Waals surface area contributed by atoms with E-state index in [0.29, 0.717) is 5.52 Å². The first-order valence-electron chi connectivity index (χ1n) is 7.58. The zero-order valence-electron chi connectivity index (χ0n) is 12.3. The molecule has 3 rings (SSSR count). The van der Waals surface area contributed by atoms with Crippen LogP contribution in [0.2, 0.25) is 0 Å². The summed E-state index contributed by atoms with van der Waals surface area (Å²) in [6.45, 7) is 5.49. The molecule has 5 heteroatoms. The van der Waals surface area contributed by atoms with Crippen LogP contribution < -0.4 is 0 Å². The molecule has 0 spiro atoms. The van der Waals surface area contributed by atoms with Crippen molar-refractivity contribution in [2.75, 3.05) is 19.6 Å². The highest BCUT2D eigenvalue weighted by molar-refractivity contribution is 6.00. The zero-order chi connectivity index (χ0) is 14.8. The molecule has 1 aliphatic heterocycles. The van der Waals surface area contributed by atoms with Gasteiger partial charge in [0.05, 0.1) is 17.4 Å². The zero-order valence-corrected chi connectivity index (χ0v) is 12.3. The molecule has 1 N–H and O–H groups in total. The molecule has 0 radical (unpaired) electrons. The van der Waals surface area contributed by atoms with Crippen molar-refractivity contribution in [1.82, 2.24) is 14.5 Å². The summed E-state index contributed by atoms with van der Waals surface area (Å²) in [4.78, 5) is 18.1. The molecule has 5 nitrogen and oxygen atoms in total. The maximum atomic E-state index is 11.3. The molecule has 1 unspecified atom stereocenters. The third kappa shape index (κ3) is 2.78. The highest BCUT2D eigenvalue weighted by atomic mass is 16.4. The van der Waals surface area contributed by atoms with Crippen LogP contribution in [0.1, 0.15) is 42.6 Å². The van der Waals surface area contributed by atoms with Crippen molar-refractivity contribution in [2.45, 2.75) is 32.2 Å². The number of hydrogen-bond donors (Lipinski definition) is 1. The lowest BCUT2D eigenvalue weighted by molar-refractivity contribution is 0.0699. The number of carbonyl (C=O) groups is 1. The number of aromatic nitrogens is 2. The van der Waals surface area contributed by atoms with Gasteiger partial charge in [-0.15, -0.1) is 0 Å². The van der Waals surface area contributed by atoms with Crippen LogP contribution >= 0.6 is 0 Å². The minimum absolute atomic E-state index is 0.274. The molecule has 1 fully saturated rings. The first-order chi connectivity index (χ1) is 10.2. The molecule has 1 aromatic carbocycles. The van der Waals surface area contributed by atoms with Crippen LogP contribution in [0.15, 0.2) is 24.5 Å². The second-order valence-electron chi connectivity index (χ2n) is 5.84.